The van der Waals surface area contributed by atoms with Crippen LogP contribution in [0, 0.1) is 5.92 Å². The predicted octanol–water partition coefficient (Wildman–Crippen LogP) is 1.97. The minimum atomic E-state index is 0.0532. The lowest BCUT2D eigenvalue weighted by Gasteiger charge is -2.14. The first-order valence-electron chi connectivity index (χ1n) is 5.58. The number of carbonyl (C=O) groups is 1. The molecule has 0 saturated carbocycles. The smallest absolute Gasteiger partial charge is 0.168 e. The summed E-state index contributed by atoms with van der Waals surface area (Å²) < 4.78 is 5.25. The number of ether oxygens (including phenoxy) is 1. The van der Waals surface area contributed by atoms with Crippen LogP contribution in [0.15, 0.2) is 24.3 Å². The minimum absolute atomic E-state index is 0.0532. The summed E-state index contributed by atoms with van der Waals surface area (Å²) in [4.78, 5) is 14.1. The zero-order chi connectivity index (χ0) is 11.5. The average molecular weight is 219 g/mol. The molecule has 1 aliphatic heterocycles. The molecule has 1 atom stereocenters. The summed E-state index contributed by atoms with van der Waals surface area (Å²) in [5, 5.41) is 0. The molecule has 0 N–H and O–H groups in total. The Morgan fingerprint density at radius 3 is 2.88 bits per heavy atom. The minimum Gasteiger partial charge on any atom is -0.381 e. The molecule has 1 unspecified atom stereocenters. The second-order valence-electron chi connectivity index (χ2n) is 4.37. The van der Waals surface area contributed by atoms with Crippen LogP contribution in [0.2, 0.25) is 0 Å². The monoisotopic (exact) mass is 219 g/mol. The second kappa shape index (κ2) is 4.66. The molecule has 1 heterocycles. The van der Waals surface area contributed by atoms with Gasteiger partial charge in [0.1, 0.15) is 0 Å². The number of hydrogen-bond acceptors (Lipinski definition) is 3. The van der Waals surface area contributed by atoms with E-state index in [4.69, 9.17) is 4.74 Å². The molecule has 0 radical (unpaired) electrons. The lowest BCUT2D eigenvalue weighted by molar-refractivity contribution is 0.0900. The Kier molecular flexibility index (Phi) is 3.25. The van der Waals surface area contributed by atoms with Crippen molar-refractivity contribution in [3.63, 3.8) is 0 Å². The Morgan fingerprint density at radius 1 is 1.44 bits per heavy atom. The van der Waals surface area contributed by atoms with Crippen LogP contribution in [0.25, 0.3) is 0 Å². The number of benzene rings is 1. The van der Waals surface area contributed by atoms with Crippen LogP contribution >= 0.6 is 0 Å². The SMILES string of the molecule is CN(C)c1cccc(C(=O)C2CCOC2)c1. The van der Waals surface area contributed by atoms with Crippen molar-refractivity contribution < 1.29 is 9.53 Å². The van der Waals surface area contributed by atoms with Gasteiger partial charge in [-0.3, -0.25) is 4.79 Å². The van der Waals surface area contributed by atoms with Crippen molar-refractivity contribution in [2.75, 3.05) is 32.2 Å². The van der Waals surface area contributed by atoms with Gasteiger partial charge in [-0.2, -0.15) is 0 Å². The van der Waals surface area contributed by atoms with E-state index in [1.54, 1.807) is 0 Å². The Morgan fingerprint density at radius 2 is 2.25 bits per heavy atom. The first kappa shape index (κ1) is 11.1. The lowest BCUT2D eigenvalue weighted by Crippen LogP contribution is -2.15. The van der Waals surface area contributed by atoms with Gasteiger partial charge in [0.05, 0.1) is 6.61 Å². The molecule has 1 saturated heterocycles. The number of rotatable bonds is 3. The summed E-state index contributed by atoms with van der Waals surface area (Å²) in [7, 11) is 3.95. The normalized spacial score (nSPS) is 19.8. The molecule has 16 heavy (non-hydrogen) atoms. The van der Waals surface area contributed by atoms with Crippen LogP contribution in [0.5, 0.6) is 0 Å². The summed E-state index contributed by atoms with van der Waals surface area (Å²) >= 11 is 0. The standard InChI is InChI=1S/C13H17NO2/c1-14(2)12-5-3-4-10(8-12)13(15)11-6-7-16-9-11/h3-5,8,11H,6-7,9H2,1-2H3. The summed E-state index contributed by atoms with van der Waals surface area (Å²) in [5.41, 5.74) is 1.85. The van der Waals surface area contributed by atoms with Gasteiger partial charge in [0.2, 0.25) is 0 Å². The van der Waals surface area contributed by atoms with Gasteiger partial charge >= 0.3 is 0 Å². The van der Waals surface area contributed by atoms with E-state index in [1.165, 1.54) is 0 Å². The van der Waals surface area contributed by atoms with Gasteiger partial charge in [0.25, 0.3) is 0 Å². The van der Waals surface area contributed by atoms with Crippen molar-refractivity contribution in [3.05, 3.63) is 29.8 Å². The van der Waals surface area contributed by atoms with Crippen LogP contribution < -0.4 is 4.90 Å². The van der Waals surface area contributed by atoms with Crippen LogP contribution in [0.4, 0.5) is 5.69 Å². The lowest BCUT2D eigenvalue weighted by atomic mass is 9.97. The maximum atomic E-state index is 12.1. The molecule has 0 aromatic heterocycles. The summed E-state index contributed by atoms with van der Waals surface area (Å²) in [6.07, 6.45) is 0.852. The van der Waals surface area contributed by atoms with Gasteiger partial charge in [-0.15, -0.1) is 0 Å². The Hall–Kier alpha value is -1.35. The first-order chi connectivity index (χ1) is 7.68. The van der Waals surface area contributed by atoms with Crippen molar-refractivity contribution in [1.29, 1.82) is 0 Å². The molecular weight excluding hydrogens is 202 g/mol. The maximum absolute atomic E-state index is 12.1. The molecule has 0 spiro atoms. The molecule has 0 aliphatic carbocycles. The van der Waals surface area contributed by atoms with Crippen molar-refractivity contribution in [2.24, 2.45) is 5.92 Å². The molecule has 3 nitrogen and oxygen atoms in total. The van der Waals surface area contributed by atoms with Crippen LogP contribution in [-0.4, -0.2) is 33.1 Å². The fraction of sp³-hybridized carbons (Fsp3) is 0.462. The molecule has 1 fully saturated rings. The van der Waals surface area contributed by atoms with Gasteiger partial charge in [0.15, 0.2) is 5.78 Å². The number of anilines is 1. The average Bonchev–Trinajstić information content (AvgIpc) is 2.81. The highest BCUT2D eigenvalue weighted by Crippen LogP contribution is 2.21. The van der Waals surface area contributed by atoms with E-state index in [9.17, 15) is 4.79 Å². The summed E-state index contributed by atoms with van der Waals surface area (Å²) in [6, 6.07) is 7.76. The molecule has 1 aromatic rings. The van der Waals surface area contributed by atoms with E-state index in [1.807, 2.05) is 43.3 Å². The van der Waals surface area contributed by atoms with Crippen LogP contribution in [0.1, 0.15) is 16.8 Å². The van der Waals surface area contributed by atoms with Crippen molar-refractivity contribution in [3.8, 4) is 0 Å². The maximum Gasteiger partial charge on any atom is 0.168 e. The number of carbonyl (C=O) groups excluding carboxylic acids is 1. The molecule has 0 bridgehead atoms. The third-order valence-corrected chi connectivity index (χ3v) is 2.95. The van der Waals surface area contributed by atoms with Gasteiger partial charge in [-0.25, -0.2) is 0 Å². The summed E-state index contributed by atoms with van der Waals surface area (Å²) in [6.45, 7) is 1.29. The van der Waals surface area contributed by atoms with E-state index in [-0.39, 0.29) is 11.7 Å². The fourth-order valence-electron chi connectivity index (χ4n) is 1.91. The second-order valence-corrected chi connectivity index (χ2v) is 4.37. The highest BCUT2D eigenvalue weighted by atomic mass is 16.5. The number of nitrogens with zero attached hydrogens (tertiary/aromatic N) is 1. The van der Waals surface area contributed by atoms with E-state index in [0.29, 0.717) is 13.2 Å². The molecule has 86 valence electrons. The molecule has 3 heteroatoms. The predicted molar refractivity (Wildman–Crippen MR) is 64.0 cm³/mol. The third-order valence-electron chi connectivity index (χ3n) is 2.95. The number of ketones is 1. The van der Waals surface area contributed by atoms with Crippen molar-refractivity contribution in [1.82, 2.24) is 0 Å². The highest BCUT2D eigenvalue weighted by molar-refractivity contribution is 5.98. The van der Waals surface area contributed by atoms with E-state index >= 15 is 0 Å². The van der Waals surface area contributed by atoms with E-state index in [2.05, 4.69) is 0 Å². The third kappa shape index (κ3) is 2.25. The van der Waals surface area contributed by atoms with E-state index in [0.717, 1.165) is 17.7 Å². The van der Waals surface area contributed by atoms with Gasteiger partial charge < -0.3 is 9.64 Å². The zero-order valence-corrected chi connectivity index (χ0v) is 9.77. The topological polar surface area (TPSA) is 29.5 Å². The Balaban J connectivity index is 2.19. The molecule has 1 aromatic carbocycles. The molecule has 0 amide bonds. The van der Waals surface area contributed by atoms with E-state index < -0.39 is 0 Å². The van der Waals surface area contributed by atoms with Crippen LogP contribution in [0.3, 0.4) is 0 Å². The Bertz CT molecular complexity index is 381. The summed E-state index contributed by atoms with van der Waals surface area (Å²) in [5.74, 6) is 0.263. The van der Waals surface area contributed by atoms with Crippen LogP contribution in [-0.2, 0) is 4.74 Å². The molecular formula is C13H17NO2. The van der Waals surface area contributed by atoms with Gasteiger partial charge in [0, 0.05) is 37.9 Å². The zero-order valence-electron chi connectivity index (χ0n) is 9.77. The Labute approximate surface area is 96.0 Å². The van der Waals surface area contributed by atoms with Crippen molar-refractivity contribution >= 4 is 11.5 Å². The largest absolute Gasteiger partial charge is 0.381 e. The number of Topliss-reactive ketones (excluding diaryl/α,β-unsaturated/α-hetero) is 1. The van der Waals surface area contributed by atoms with Crippen molar-refractivity contribution in [2.45, 2.75) is 6.42 Å². The van der Waals surface area contributed by atoms with Gasteiger partial charge in [-0.1, -0.05) is 12.1 Å². The van der Waals surface area contributed by atoms with Gasteiger partial charge in [-0.05, 0) is 18.6 Å². The molecule has 1 aliphatic rings. The highest BCUT2D eigenvalue weighted by Gasteiger charge is 2.24. The first-order valence-corrected chi connectivity index (χ1v) is 5.58. The molecule has 2 rings (SSSR count). The number of hydrogen-bond donors (Lipinski definition) is 0. The quantitative estimate of drug-likeness (QED) is 0.728. The fourth-order valence-corrected chi connectivity index (χ4v) is 1.91.